The normalized spacial score (nSPS) is 25.5. The third-order valence-electron chi connectivity index (χ3n) is 4.21. The number of phenols is 1. The molecule has 0 bridgehead atoms. The van der Waals surface area contributed by atoms with Crippen LogP contribution in [0, 0.1) is 5.41 Å². The first-order chi connectivity index (χ1) is 9.03. The average Bonchev–Trinajstić information content (AvgIpc) is 2.71. The fraction of sp³-hybridized carbons (Fsp3) is 0.444. The van der Waals surface area contributed by atoms with E-state index in [1.54, 1.807) is 6.07 Å². The summed E-state index contributed by atoms with van der Waals surface area (Å²) in [5, 5.41) is 10.1. The van der Waals surface area contributed by atoms with E-state index >= 15 is 0 Å². The summed E-state index contributed by atoms with van der Waals surface area (Å²) in [5.41, 5.74) is 2.63. The van der Waals surface area contributed by atoms with Gasteiger partial charge in [0.05, 0.1) is 0 Å². The highest BCUT2D eigenvalue weighted by molar-refractivity contribution is 5.39. The smallest absolute Gasteiger partial charge is 0.119 e. The highest BCUT2D eigenvalue weighted by Gasteiger charge is 2.36. The molecule has 0 amide bonds. The maximum atomic E-state index is 10.1. The van der Waals surface area contributed by atoms with Crippen molar-refractivity contribution in [1.82, 2.24) is 0 Å². The number of hydrogen-bond donors (Lipinski definition) is 1. The second kappa shape index (κ2) is 5.64. The summed E-state index contributed by atoms with van der Waals surface area (Å²) in [7, 11) is 0. The molecule has 1 aromatic rings. The molecule has 102 valence electrons. The molecule has 0 fully saturated rings. The Morgan fingerprint density at radius 3 is 2.79 bits per heavy atom. The van der Waals surface area contributed by atoms with Gasteiger partial charge in [0.15, 0.2) is 0 Å². The molecule has 2 unspecified atom stereocenters. The molecule has 1 aliphatic carbocycles. The minimum atomic E-state index is 0.158. The van der Waals surface area contributed by atoms with E-state index in [4.69, 9.17) is 0 Å². The molecule has 0 spiro atoms. The van der Waals surface area contributed by atoms with Crippen molar-refractivity contribution in [3.63, 3.8) is 0 Å². The molecule has 0 saturated heterocycles. The van der Waals surface area contributed by atoms with E-state index in [0.29, 0.717) is 11.7 Å². The van der Waals surface area contributed by atoms with Crippen LogP contribution in [0.3, 0.4) is 0 Å². The van der Waals surface area contributed by atoms with E-state index in [1.165, 1.54) is 5.57 Å². The van der Waals surface area contributed by atoms with Crippen molar-refractivity contribution in [1.29, 1.82) is 0 Å². The molecule has 1 aliphatic rings. The standard InChI is InChI=1S/C18H24O/c1-14(2)8-6-12-18(3)13-7-10-16(18)15-9-4-5-11-17(15)19/h4-5,7-9,11,13,16,19H,6,10,12H2,1-3H3. The molecule has 0 radical (unpaired) electrons. The molecule has 1 nitrogen and oxygen atoms in total. The summed E-state index contributed by atoms with van der Waals surface area (Å²) >= 11 is 0. The van der Waals surface area contributed by atoms with E-state index < -0.39 is 0 Å². The molecule has 19 heavy (non-hydrogen) atoms. The van der Waals surface area contributed by atoms with Gasteiger partial charge in [-0.05, 0) is 56.1 Å². The molecular weight excluding hydrogens is 232 g/mol. The monoisotopic (exact) mass is 256 g/mol. The first-order valence-corrected chi connectivity index (χ1v) is 7.12. The SMILES string of the molecule is CC(C)=CCCC1(C)C=CCC1c1ccccc1O. The van der Waals surface area contributed by atoms with E-state index in [1.807, 2.05) is 12.1 Å². The molecule has 1 heteroatoms. The predicted octanol–water partition coefficient (Wildman–Crippen LogP) is 5.19. The molecule has 1 N–H and O–H groups in total. The van der Waals surface area contributed by atoms with Crippen LogP contribution in [-0.2, 0) is 0 Å². The fourth-order valence-electron chi connectivity index (χ4n) is 3.05. The zero-order chi connectivity index (χ0) is 13.9. The molecule has 1 aromatic carbocycles. The molecular formula is C18H24O. The molecule has 0 heterocycles. The lowest BCUT2D eigenvalue weighted by atomic mass is 9.73. The first kappa shape index (κ1) is 13.9. The largest absolute Gasteiger partial charge is 0.508 e. The molecule has 0 aromatic heterocycles. The first-order valence-electron chi connectivity index (χ1n) is 7.12. The number of hydrogen-bond acceptors (Lipinski definition) is 1. The van der Waals surface area contributed by atoms with Crippen LogP contribution in [-0.4, -0.2) is 5.11 Å². The van der Waals surface area contributed by atoms with Gasteiger partial charge >= 0.3 is 0 Å². The number of benzene rings is 1. The molecule has 2 atom stereocenters. The van der Waals surface area contributed by atoms with Gasteiger partial charge in [0, 0.05) is 0 Å². The number of rotatable bonds is 4. The van der Waals surface area contributed by atoms with Crippen molar-refractivity contribution in [3.8, 4) is 5.75 Å². The van der Waals surface area contributed by atoms with Crippen molar-refractivity contribution in [2.24, 2.45) is 5.41 Å². The minimum Gasteiger partial charge on any atom is -0.508 e. The van der Waals surface area contributed by atoms with E-state index in [2.05, 4.69) is 45.1 Å². The minimum absolute atomic E-state index is 0.158. The Morgan fingerprint density at radius 1 is 1.37 bits per heavy atom. The number of para-hydroxylation sites is 1. The number of phenolic OH excluding ortho intramolecular Hbond substituents is 1. The van der Waals surface area contributed by atoms with Gasteiger partial charge in [0.25, 0.3) is 0 Å². The number of allylic oxidation sites excluding steroid dienone is 4. The van der Waals surface area contributed by atoms with E-state index in [-0.39, 0.29) is 5.41 Å². The third kappa shape index (κ3) is 3.09. The zero-order valence-corrected chi connectivity index (χ0v) is 12.2. The van der Waals surface area contributed by atoms with Crippen LogP contribution in [0.15, 0.2) is 48.1 Å². The Morgan fingerprint density at radius 2 is 2.11 bits per heavy atom. The van der Waals surface area contributed by atoms with Gasteiger partial charge in [-0.15, -0.1) is 0 Å². The Hall–Kier alpha value is -1.50. The van der Waals surface area contributed by atoms with Crippen LogP contribution in [0.5, 0.6) is 5.75 Å². The van der Waals surface area contributed by atoms with Gasteiger partial charge < -0.3 is 5.11 Å². The molecule has 0 saturated carbocycles. The van der Waals surface area contributed by atoms with Crippen molar-refractivity contribution < 1.29 is 5.11 Å². The maximum Gasteiger partial charge on any atom is 0.119 e. The van der Waals surface area contributed by atoms with Crippen LogP contribution in [0.2, 0.25) is 0 Å². The van der Waals surface area contributed by atoms with Gasteiger partial charge in [-0.25, -0.2) is 0 Å². The van der Waals surface area contributed by atoms with Crippen molar-refractivity contribution in [2.45, 2.75) is 46.0 Å². The zero-order valence-electron chi connectivity index (χ0n) is 12.2. The van der Waals surface area contributed by atoms with Crippen molar-refractivity contribution in [3.05, 3.63) is 53.6 Å². The van der Waals surface area contributed by atoms with Crippen LogP contribution >= 0.6 is 0 Å². The van der Waals surface area contributed by atoms with Gasteiger partial charge in [-0.3, -0.25) is 0 Å². The summed E-state index contributed by atoms with van der Waals surface area (Å²) in [5.74, 6) is 0.837. The summed E-state index contributed by atoms with van der Waals surface area (Å²) in [6.45, 7) is 6.60. The lowest BCUT2D eigenvalue weighted by Gasteiger charge is -2.31. The van der Waals surface area contributed by atoms with Gasteiger partial charge in [-0.2, -0.15) is 0 Å². The van der Waals surface area contributed by atoms with Gasteiger partial charge in [0.2, 0.25) is 0 Å². The summed E-state index contributed by atoms with van der Waals surface area (Å²) in [4.78, 5) is 0. The summed E-state index contributed by atoms with van der Waals surface area (Å²) in [6, 6.07) is 7.77. The fourth-order valence-corrected chi connectivity index (χ4v) is 3.05. The highest BCUT2D eigenvalue weighted by Crippen LogP contribution is 2.49. The predicted molar refractivity (Wildman–Crippen MR) is 81.4 cm³/mol. The number of aromatic hydroxyl groups is 1. The van der Waals surface area contributed by atoms with Crippen molar-refractivity contribution in [2.75, 3.05) is 0 Å². The van der Waals surface area contributed by atoms with E-state index in [0.717, 1.165) is 24.8 Å². The Bertz CT molecular complexity index is 494. The Labute approximate surface area is 116 Å². The van der Waals surface area contributed by atoms with E-state index in [9.17, 15) is 5.11 Å². The van der Waals surface area contributed by atoms with Crippen LogP contribution < -0.4 is 0 Å². The lowest BCUT2D eigenvalue weighted by Crippen LogP contribution is -2.19. The Kier molecular flexibility index (Phi) is 4.14. The Balaban J connectivity index is 2.18. The quantitative estimate of drug-likeness (QED) is 0.735. The summed E-state index contributed by atoms with van der Waals surface area (Å²) in [6.07, 6.45) is 10.2. The second-order valence-corrected chi connectivity index (χ2v) is 6.08. The topological polar surface area (TPSA) is 20.2 Å². The third-order valence-corrected chi connectivity index (χ3v) is 4.21. The van der Waals surface area contributed by atoms with Crippen LogP contribution in [0.4, 0.5) is 0 Å². The average molecular weight is 256 g/mol. The summed E-state index contributed by atoms with van der Waals surface area (Å²) < 4.78 is 0. The lowest BCUT2D eigenvalue weighted by molar-refractivity contribution is 0.325. The van der Waals surface area contributed by atoms with Crippen LogP contribution in [0.25, 0.3) is 0 Å². The van der Waals surface area contributed by atoms with Crippen LogP contribution in [0.1, 0.15) is 51.5 Å². The highest BCUT2D eigenvalue weighted by atomic mass is 16.3. The molecule has 0 aliphatic heterocycles. The second-order valence-electron chi connectivity index (χ2n) is 6.08. The van der Waals surface area contributed by atoms with Crippen molar-refractivity contribution >= 4 is 0 Å². The van der Waals surface area contributed by atoms with Gasteiger partial charge in [0.1, 0.15) is 5.75 Å². The molecule has 2 rings (SSSR count). The van der Waals surface area contributed by atoms with Gasteiger partial charge in [-0.1, -0.05) is 48.9 Å². The maximum absolute atomic E-state index is 10.1.